The van der Waals surface area contributed by atoms with Crippen LogP contribution in [0, 0.1) is 0 Å². The molecule has 0 aromatic rings. The van der Waals surface area contributed by atoms with Crippen LogP contribution in [0.4, 0.5) is 4.79 Å². The number of carbonyl (C=O) groups is 1. The summed E-state index contributed by atoms with van der Waals surface area (Å²) >= 11 is 0. The topological polar surface area (TPSA) is 63.2 Å². The Morgan fingerprint density at radius 3 is 1.00 bits per heavy atom. The van der Waals surface area contributed by atoms with Crippen molar-refractivity contribution in [2.24, 2.45) is 0 Å². The number of hydrogen-bond donors (Lipinski definition) is 0. The molecule has 0 aromatic carbocycles. The van der Waals surface area contributed by atoms with Crippen molar-refractivity contribution in [3.8, 4) is 0 Å². The van der Waals surface area contributed by atoms with E-state index >= 15 is 0 Å². The van der Waals surface area contributed by atoms with E-state index in [1.54, 1.807) is 0 Å². The summed E-state index contributed by atoms with van der Waals surface area (Å²) in [4.78, 5) is 8.33. The molecule has 0 heterocycles. The molecular weight excluding hydrogens is 369 g/mol. The van der Waals surface area contributed by atoms with Crippen LogP contribution in [0.25, 0.3) is 0 Å². The standard InChI is InChI=1S/C16H36N.CH2O3.BrH.Na/c1-5-9-13-17(14-10-6-2,15-11-7-3)16-12-8-4;2-1(3)4;;/h5-16H2,1-4H3;(H2,2,3,4);1H;/q+1;;;+1/p-2. The molecule has 0 unspecified atom stereocenters. The van der Waals surface area contributed by atoms with E-state index < -0.39 is 6.16 Å². The summed E-state index contributed by atoms with van der Waals surface area (Å²) in [6, 6.07) is 0. The Bertz CT molecular complexity index is 202. The molecule has 0 fully saturated rings. The zero-order valence-electron chi connectivity index (χ0n) is 16.1. The molecule has 0 aliphatic heterocycles. The molecule has 0 radical (unpaired) electrons. The largest absolute Gasteiger partial charge is 1.00 e. The van der Waals surface area contributed by atoms with Crippen molar-refractivity contribution in [3.05, 3.63) is 0 Å². The van der Waals surface area contributed by atoms with Crippen molar-refractivity contribution in [3.63, 3.8) is 0 Å². The summed E-state index contributed by atoms with van der Waals surface area (Å²) in [6.07, 6.45) is 8.73. The fraction of sp³-hybridized carbons (Fsp3) is 0.941. The van der Waals surface area contributed by atoms with E-state index in [9.17, 15) is 0 Å². The number of rotatable bonds is 12. The Kier molecular flexibility index (Phi) is 31.1. The summed E-state index contributed by atoms with van der Waals surface area (Å²) in [5, 5.41) is 16.7. The van der Waals surface area contributed by atoms with E-state index in [1.807, 2.05) is 0 Å². The zero-order valence-corrected chi connectivity index (χ0v) is 19.8. The predicted octanol–water partition coefficient (Wildman–Crippen LogP) is 0.139. The van der Waals surface area contributed by atoms with Crippen LogP contribution in [0.3, 0.4) is 0 Å². The molecule has 6 heteroatoms. The van der Waals surface area contributed by atoms with E-state index in [-0.39, 0.29) is 46.5 Å². The summed E-state index contributed by atoms with van der Waals surface area (Å²) < 4.78 is 1.42. The third kappa shape index (κ3) is 22.7. The maximum atomic E-state index is 8.33. The van der Waals surface area contributed by atoms with E-state index in [1.165, 1.54) is 82.0 Å². The third-order valence-corrected chi connectivity index (χ3v) is 3.94. The second-order valence-electron chi connectivity index (χ2n) is 5.90. The quantitative estimate of drug-likeness (QED) is 0.342. The molecule has 0 bridgehead atoms. The van der Waals surface area contributed by atoms with Crippen molar-refractivity contribution in [2.75, 3.05) is 26.2 Å². The van der Waals surface area contributed by atoms with Crippen LogP contribution in [-0.2, 0) is 0 Å². The minimum absolute atomic E-state index is 0. The Morgan fingerprint density at radius 1 is 0.696 bits per heavy atom. The molecule has 0 N–H and O–H groups in total. The van der Waals surface area contributed by atoms with Crippen molar-refractivity contribution in [1.82, 2.24) is 0 Å². The maximum absolute atomic E-state index is 8.33. The molecular formula is C17H37BrNNaO3. The first-order valence-electron chi connectivity index (χ1n) is 8.71. The van der Waals surface area contributed by atoms with Gasteiger partial charge in [-0.2, -0.15) is 0 Å². The van der Waals surface area contributed by atoms with Gasteiger partial charge in [0, 0.05) is 0 Å². The minimum atomic E-state index is -2.33. The van der Waals surface area contributed by atoms with E-state index in [0.717, 1.165) is 0 Å². The maximum Gasteiger partial charge on any atom is 1.00 e. The van der Waals surface area contributed by atoms with Crippen molar-refractivity contribution < 1.29 is 49.0 Å². The van der Waals surface area contributed by atoms with Crippen molar-refractivity contribution in [2.45, 2.75) is 79.1 Å². The van der Waals surface area contributed by atoms with Crippen LogP contribution >= 0.6 is 17.0 Å². The van der Waals surface area contributed by atoms with Gasteiger partial charge in [-0.15, -0.1) is 17.0 Å². The third-order valence-electron chi connectivity index (χ3n) is 3.94. The van der Waals surface area contributed by atoms with Gasteiger partial charge in [-0.05, 0) is 31.8 Å². The molecule has 0 aliphatic rings. The van der Waals surface area contributed by atoms with Gasteiger partial charge >= 0.3 is 29.6 Å². The average Bonchev–Trinajstić information content (AvgIpc) is 2.45. The molecule has 0 spiro atoms. The van der Waals surface area contributed by atoms with Gasteiger partial charge in [0.05, 0.1) is 26.2 Å². The summed E-state index contributed by atoms with van der Waals surface area (Å²) in [5.41, 5.74) is 0. The van der Waals surface area contributed by atoms with Crippen LogP contribution in [0.5, 0.6) is 0 Å². The van der Waals surface area contributed by atoms with Gasteiger partial charge in [-0.1, -0.05) is 53.4 Å². The molecule has 0 saturated heterocycles. The Hall–Kier alpha value is 0.710. The van der Waals surface area contributed by atoms with Crippen LogP contribution < -0.4 is 39.8 Å². The fourth-order valence-electron chi connectivity index (χ4n) is 2.64. The van der Waals surface area contributed by atoms with Crippen LogP contribution in [0.2, 0.25) is 0 Å². The minimum Gasteiger partial charge on any atom is -0.652 e. The first-order valence-corrected chi connectivity index (χ1v) is 8.71. The van der Waals surface area contributed by atoms with Gasteiger partial charge in [-0.3, -0.25) is 0 Å². The summed E-state index contributed by atoms with van der Waals surface area (Å²) in [7, 11) is 0. The average molecular weight is 406 g/mol. The molecule has 136 valence electrons. The Labute approximate surface area is 176 Å². The molecule has 4 nitrogen and oxygen atoms in total. The molecule has 0 atom stereocenters. The second kappa shape index (κ2) is 22.7. The molecule has 0 aromatic heterocycles. The summed E-state index contributed by atoms with van der Waals surface area (Å²) in [6.45, 7) is 15.0. The Balaban J connectivity index is -0.000000268. The van der Waals surface area contributed by atoms with E-state index in [0.29, 0.717) is 0 Å². The second-order valence-corrected chi connectivity index (χ2v) is 5.90. The van der Waals surface area contributed by atoms with Crippen LogP contribution in [0.1, 0.15) is 79.1 Å². The van der Waals surface area contributed by atoms with Crippen LogP contribution in [0.15, 0.2) is 0 Å². The monoisotopic (exact) mass is 405 g/mol. The summed E-state index contributed by atoms with van der Waals surface area (Å²) in [5.74, 6) is 0. The number of carboxylic acid groups (broad SMARTS) is 2. The smallest absolute Gasteiger partial charge is 0.652 e. The van der Waals surface area contributed by atoms with Crippen molar-refractivity contribution >= 4 is 23.1 Å². The predicted molar refractivity (Wildman–Crippen MR) is 95.1 cm³/mol. The first kappa shape index (κ1) is 31.5. The molecule has 0 aliphatic carbocycles. The first-order chi connectivity index (χ1) is 9.97. The normalized spacial score (nSPS) is 9.91. The molecule has 23 heavy (non-hydrogen) atoms. The number of halogens is 1. The SMILES string of the molecule is Br.CCCC[N+](CCCC)(CCCC)CCCC.O=C([O-])[O-].[Na+]. The number of carbonyl (C=O) groups excluding carboxylic acids is 1. The van der Waals surface area contributed by atoms with Gasteiger partial charge in [0.1, 0.15) is 0 Å². The zero-order chi connectivity index (χ0) is 16.6. The van der Waals surface area contributed by atoms with E-state index in [2.05, 4.69) is 27.7 Å². The van der Waals surface area contributed by atoms with Crippen molar-refractivity contribution in [1.29, 1.82) is 0 Å². The number of unbranched alkanes of at least 4 members (excludes halogenated alkanes) is 4. The van der Waals surface area contributed by atoms with Gasteiger partial charge in [0.25, 0.3) is 0 Å². The van der Waals surface area contributed by atoms with Gasteiger partial charge in [0.15, 0.2) is 0 Å². The number of nitrogens with zero attached hydrogens (tertiary/aromatic N) is 1. The number of quaternary nitrogens is 1. The Morgan fingerprint density at radius 2 is 0.870 bits per heavy atom. The molecule has 0 saturated carbocycles. The fourth-order valence-corrected chi connectivity index (χ4v) is 2.64. The van der Waals surface area contributed by atoms with E-state index in [4.69, 9.17) is 15.0 Å². The van der Waals surface area contributed by atoms with Crippen LogP contribution in [-0.4, -0.2) is 36.8 Å². The van der Waals surface area contributed by atoms with Gasteiger partial charge in [-0.25, -0.2) is 0 Å². The molecule has 0 amide bonds. The van der Waals surface area contributed by atoms with Gasteiger partial charge in [0.2, 0.25) is 0 Å². The molecule has 0 rings (SSSR count). The van der Waals surface area contributed by atoms with Gasteiger partial charge < -0.3 is 19.5 Å². The number of hydrogen-bond acceptors (Lipinski definition) is 3.